The number of nitrogens with zero attached hydrogens (tertiary/aromatic N) is 1. The van der Waals surface area contributed by atoms with Crippen LogP contribution in [-0.2, 0) is 14.8 Å². The minimum atomic E-state index is -3.57. The molecule has 1 aromatic rings. The zero-order chi connectivity index (χ0) is 14.0. The topological polar surface area (TPSA) is 55.8 Å². The van der Waals surface area contributed by atoms with Crippen molar-refractivity contribution in [2.75, 3.05) is 27.2 Å². The van der Waals surface area contributed by atoms with Gasteiger partial charge in [-0.05, 0) is 24.7 Å². The minimum Gasteiger partial charge on any atom is -0.493 e. The fourth-order valence-electron chi connectivity index (χ4n) is 2.00. The molecule has 1 fully saturated rings. The second kappa shape index (κ2) is 5.56. The third kappa shape index (κ3) is 3.99. The van der Waals surface area contributed by atoms with E-state index in [1.165, 1.54) is 0 Å². The average Bonchev–Trinajstić information content (AvgIpc) is 2.25. The molecule has 0 bridgehead atoms. The summed E-state index contributed by atoms with van der Waals surface area (Å²) in [5.74, 6) is 0.920. The van der Waals surface area contributed by atoms with E-state index in [1.807, 2.05) is 7.05 Å². The monoisotopic (exact) mass is 305 g/mol. The number of hydrogen-bond donors (Lipinski definition) is 0. The van der Waals surface area contributed by atoms with Crippen LogP contribution in [0.3, 0.4) is 0 Å². The summed E-state index contributed by atoms with van der Waals surface area (Å²) in [5, 5.41) is 0. The lowest BCUT2D eigenvalue weighted by Gasteiger charge is -2.36. The van der Waals surface area contributed by atoms with Gasteiger partial charge in [-0.3, -0.25) is 4.90 Å². The predicted molar refractivity (Wildman–Crippen MR) is 73.4 cm³/mol. The van der Waals surface area contributed by atoms with Crippen LogP contribution >= 0.6 is 10.7 Å². The lowest BCUT2D eigenvalue weighted by Crippen LogP contribution is -2.51. The van der Waals surface area contributed by atoms with E-state index >= 15 is 0 Å². The fraction of sp³-hybridized carbons (Fsp3) is 0.500. The second-order valence-electron chi connectivity index (χ2n) is 4.63. The molecule has 0 aromatic heterocycles. The van der Waals surface area contributed by atoms with Crippen LogP contribution in [0.25, 0.3) is 0 Å². The molecule has 19 heavy (non-hydrogen) atoms. The van der Waals surface area contributed by atoms with Crippen molar-refractivity contribution in [1.82, 2.24) is 4.90 Å². The third-order valence-electron chi connectivity index (χ3n) is 2.89. The van der Waals surface area contributed by atoms with Gasteiger partial charge in [-0.2, -0.15) is 0 Å². The molecule has 0 atom stereocenters. The smallest absolute Gasteiger partial charge is 0.236 e. The maximum absolute atomic E-state index is 11.1. The van der Waals surface area contributed by atoms with Crippen molar-refractivity contribution in [3.05, 3.63) is 23.8 Å². The summed E-state index contributed by atoms with van der Waals surface area (Å²) in [7, 11) is 5.23. The summed E-state index contributed by atoms with van der Waals surface area (Å²) in [6.07, 6.45) is 0.113. The Morgan fingerprint density at radius 1 is 1.37 bits per heavy atom. The molecule has 0 aliphatic carbocycles. The number of ether oxygens (including phenoxy) is 2. The zero-order valence-electron chi connectivity index (χ0n) is 10.8. The molecule has 1 aliphatic heterocycles. The van der Waals surface area contributed by atoms with Crippen LogP contribution in [0.1, 0.15) is 5.56 Å². The predicted octanol–water partition coefficient (Wildman–Crippen LogP) is 1.46. The van der Waals surface area contributed by atoms with Crippen LogP contribution in [0.2, 0.25) is 0 Å². The number of likely N-dealkylation sites (N-methyl/N-ethyl adjacent to an activating group) is 1. The van der Waals surface area contributed by atoms with Crippen LogP contribution in [0.4, 0.5) is 0 Å². The van der Waals surface area contributed by atoms with Crippen molar-refractivity contribution in [2.45, 2.75) is 11.9 Å². The Kier molecular flexibility index (Phi) is 4.23. The van der Waals surface area contributed by atoms with E-state index in [0.717, 1.165) is 13.1 Å². The average molecular weight is 306 g/mol. The van der Waals surface area contributed by atoms with Crippen molar-refractivity contribution in [3.63, 3.8) is 0 Å². The molecule has 0 saturated carbocycles. The van der Waals surface area contributed by atoms with E-state index in [0.29, 0.717) is 17.1 Å². The van der Waals surface area contributed by atoms with Crippen LogP contribution in [0.15, 0.2) is 18.2 Å². The lowest BCUT2D eigenvalue weighted by molar-refractivity contribution is 0.0369. The van der Waals surface area contributed by atoms with E-state index < -0.39 is 9.05 Å². The highest BCUT2D eigenvalue weighted by Crippen LogP contribution is 2.31. The molecule has 5 nitrogen and oxygen atoms in total. The molecular weight excluding hydrogens is 290 g/mol. The van der Waals surface area contributed by atoms with E-state index in [-0.39, 0.29) is 11.9 Å². The molecule has 106 valence electrons. The van der Waals surface area contributed by atoms with Gasteiger partial charge in [-0.1, -0.05) is 6.07 Å². The summed E-state index contributed by atoms with van der Waals surface area (Å²) < 4.78 is 33.2. The van der Waals surface area contributed by atoms with Gasteiger partial charge in [0.05, 0.1) is 12.9 Å². The Balaban J connectivity index is 2.16. The fourth-order valence-corrected chi connectivity index (χ4v) is 2.95. The van der Waals surface area contributed by atoms with Gasteiger partial charge in [-0.15, -0.1) is 0 Å². The number of hydrogen-bond acceptors (Lipinski definition) is 5. The first kappa shape index (κ1) is 14.4. The molecule has 0 amide bonds. The lowest BCUT2D eigenvalue weighted by atomic mass is 10.2. The Morgan fingerprint density at radius 3 is 2.58 bits per heavy atom. The minimum absolute atomic E-state index is 0.113. The third-order valence-corrected chi connectivity index (χ3v) is 3.90. The van der Waals surface area contributed by atoms with Crippen LogP contribution in [0.5, 0.6) is 11.5 Å². The molecule has 1 aliphatic rings. The highest BCUT2D eigenvalue weighted by atomic mass is 35.7. The van der Waals surface area contributed by atoms with Gasteiger partial charge in [0, 0.05) is 23.8 Å². The standard InChI is InChI=1S/C12H16ClNO4S/c1-14-6-10(7-14)18-12-5-9(8-19(13,15)16)3-4-11(12)17-2/h3-5,10H,6-8H2,1-2H3. The molecule has 0 spiro atoms. The Hall–Kier alpha value is -0.980. The molecule has 2 rings (SSSR count). The van der Waals surface area contributed by atoms with Crippen molar-refractivity contribution < 1.29 is 17.9 Å². The SMILES string of the molecule is COc1ccc(CS(=O)(=O)Cl)cc1OC1CN(C)C1. The molecule has 0 radical (unpaired) electrons. The van der Waals surface area contributed by atoms with Crippen molar-refractivity contribution in [2.24, 2.45) is 0 Å². The van der Waals surface area contributed by atoms with Gasteiger partial charge in [0.25, 0.3) is 0 Å². The quantitative estimate of drug-likeness (QED) is 0.771. The molecule has 0 N–H and O–H groups in total. The first-order valence-corrected chi connectivity index (χ1v) is 8.29. The van der Waals surface area contributed by atoms with Crippen molar-refractivity contribution in [3.8, 4) is 11.5 Å². The van der Waals surface area contributed by atoms with Gasteiger partial charge in [0.15, 0.2) is 11.5 Å². The number of methoxy groups -OCH3 is 1. The van der Waals surface area contributed by atoms with Crippen molar-refractivity contribution in [1.29, 1.82) is 0 Å². The van der Waals surface area contributed by atoms with Crippen LogP contribution in [-0.4, -0.2) is 46.7 Å². The Labute approximate surface area is 117 Å². The van der Waals surface area contributed by atoms with Gasteiger partial charge in [0.1, 0.15) is 6.10 Å². The number of benzene rings is 1. The number of likely N-dealkylation sites (tertiary alicyclic amines) is 1. The summed E-state index contributed by atoms with van der Waals surface area (Å²) in [6, 6.07) is 5.02. The first-order chi connectivity index (χ1) is 8.87. The van der Waals surface area contributed by atoms with E-state index in [1.54, 1.807) is 25.3 Å². The van der Waals surface area contributed by atoms with Gasteiger partial charge in [0.2, 0.25) is 9.05 Å². The normalized spacial score (nSPS) is 17.0. The van der Waals surface area contributed by atoms with Crippen molar-refractivity contribution >= 4 is 19.7 Å². The van der Waals surface area contributed by atoms with E-state index in [9.17, 15) is 8.42 Å². The summed E-state index contributed by atoms with van der Waals surface area (Å²) >= 11 is 0. The molecule has 7 heteroatoms. The Bertz CT molecular complexity index is 555. The summed E-state index contributed by atoms with van der Waals surface area (Å²) in [5.41, 5.74) is 0.582. The zero-order valence-corrected chi connectivity index (χ0v) is 12.4. The molecule has 1 aromatic carbocycles. The summed E-state index contributed by atoms with van der Waals surface area (Å²) in [6.45, 7) is 1.70. The van der Waals surface area contributed by atoms with Gasteiger partial charge in [-0.25, -0.2) is 8.42 Å². The number of rotatable bonds is 5. The van der Waals surface area contributed by atoms with Gasteiger partial charge >= 0.3 is 0 Å². The maximum atomic E-state index is 11.1. The molecule has 0 unspecified atom stereocenters. The van der Waals surface area contributed by atoms with E-state index in [2.05, 4.69) is 4.90 Å². The largest absolute Gasteiger partial charge is 0.493 e. The van der Waals surface area contributed by atoms with Crippen LogP contribution < -0.4 is 9.47 Å². The molecule has 1 saturated heterocycles. The summed E-state index contributed by atoms with van der Waals surface area (Å²) in [4.78, 5) is 2.13. The number of halogens is 1. The van der Waals surface area contributed by atoms with Gasteiger partial charge < -0.3 is 9.47 Å². The second-order valence-corrected chi connectivity index (χ2v) is 7.41. The molecule has 1 heterocycles. The maximum Gasteiger partial charge on any atom is 0.236 e. The van der Waals surface area contributed by atoms with Crippen LogP contribution in [0, 0.1) is 0 Å². The highest BCUT2D eigenvalue weighted by molar-refractivity contribution is 8.13. The Morgan fingerprint density at radius 2 is 2.05 bits per heavy atom. The highest BCUT2D eigenvalue weighted by Gasteiger charge is 2.26. The van der Waals surface area contributed by atoms with E-state index in [4.69, 9.17) is 20.2 Å². The molecular formula is C12H16ClNO4S. The first-order valence-electron chi connectivity index (χ1n) is 5.82.